The summed E-state index contributed by atoms with van der Waals surface area (Å²) in [5, 5.41) is 3.36. The molecule has 0 heterocycles. The third kappa shape index (κ3) is 8.38. The van der Waals surface area contributed by atoms with Crippen LogP contribution in [-0.2, 0) is 16.0 Å². The van der Waals surface area contributed by atoms with Crippen LogP contribution in [0.2, 0.25) is 0 Å². The standard InChI is InChI=1S/C16H25NO2/c1-2-3-10-16(18)19-14-7-12-17-13-11-15-8-5-4-6-9-15/h4-6,8-9,17H,2-3,7,10-14H2,1H3. The fraction of sp³-hybridized carbons (Fsp3) is 0.562. The molecule has 3 heteroatoms. The molecule has 0 amide bonds. The van der Waals surface area contributed by atoms with Gasteiger partial charge in [0.25, 0.3) is 0 Å². The minimum Gasteiger partial charge on any atom is -0.466 e. The van der Waals surface area contributed by atoms with Crippen LogP contribution in [0.1, 0.15) is 38.2 Å². The number of unbranched alkanes of at least 4 members (excludes halogenated alkanes) is 1. The Kier molecular flexibility index (Phi) is 8.73. The maximum Gasteiger partial charge on any atom is 0.305 e. The zero-order chi connectivity index (χ0) is 13.8. The first-order valence-corrected chi connectivity index (χ1v) is 7.23. The van der Waals surface area contributed by atoms with Crippen LogP contribution in [-0.4, -0.2) is 25.7 Å². The number of hydrogen-bond acceptors (Lipinski definition) is 3. The highest BCUT2D eigenvalue weighted by atomic mass is 16.5. The number of ether oxygens (including phenoxy) is 1. The summed E-state index contributed by atoms with van der Waals surface area (Å²) >= 11 is 0. The molecule has 0 radical (unpaired) electrons. The molecule has 3 nitrogen and oxygen atoms in total. The van der Waals surface area contributed by atoms with Crippen LogP contribution < -0.4 is 5.32 Å². The highest BCUT2D eigenvalue weighted by molar-refractivity contribution is 5.69. The summed E-state index contributed by atoms with van der Waals surface area (Å²) in [4.78, 5) is 11.2. The SMILES string of the molecule is CCCCC(=O)OCCCNCCc1ccccc1. The number of hydrogen-bond donors (Lipinski definition) is 1. The Morgan fingerprint density at radius 1 is 1.16 bits per heavy atom. The highest BCUT2D eigenvalue weighted by Crippen LogP contribution is 1.98. The third-order valence-electron chi connectivity index (χ3n) is 2.93. The van der Waals surface area contributed by atoms with Crippen molar-refractivity contribution in [3.05, 3.63) is 35.9 Å². The van der Waals surface area contributed by atoms with E-state index in [9.17, 15) is 4.79 Å². The van der Waals surface area contributed by atoms with Gasteiger partial charge in [-0.25, -0.2) is 0 Å². The summed E-state index contributed by atoms with van der Waals surface area (Å²) in [5.74, 6) is -0.0638. The van der Waals surface area contributed by atoms with Gasteiger partial charge in [0.05, 0.1) is 6.61 Å². The summed E-state index contributed by atoms with van der Waals surface area (Å²) in [5.41, 5.74) is 1.35. The lowest BCUT2D eigenvalue weighted by atomic mass is 10.1. The van der Waals surface area contributed by atoms with Crippen LogP contribution in [0.25, 0.3) is 0 Å². The Balaban J connectivity index is 1.90. The van der Waals surface area contributed by atoms with Crippen LogP contribution in [0, 0.1) is 0 Å². The summed E-state index contributed by atoms with van der Waals surface area (Å²) in [6.07, 6.45) is 4.44. The van der Waals surface area contributed by atoms with E-state index in [-0.39, 0.29) is 5.97 Å². The summed E-state index contributed by atoms with van der Waals surface area (Å²) in [7, 11) is 0. The Hall–Kier alpha value is -1.35. The Morgan fingerprint density at radius 2 is 1.95 bits per heavy atom. The summed E-state index contributed by atoms with van der Waals surface area (Å²) in [6, 6.07) is 10.4. The van der Waals surface area contributed by atoms with Crippen LogP contribution in [0.15, 0.2) is 30.3 Å². The Bertz CT molecular complexity index is 338. The predicted molar refractivity (Wildman–Crippen MR) is 78.1 cm³/mol. The molecule has 0 spiro atoms. The van der Waals surface area contributed by atoms with E-state index in [1.54, 1.807) is 0 Å². The summed E-state index contributed by atoms with van der Waals surface area (Å²) in [6.45, 7) is 4.46. The van der Waals surface area contributed by atoms with Gasteiger partial charge in [0.2, 0.25) is 0 Å². The van der Waals surface area contributed by atoms with E-state index in [0.717, 1.165) is 38.8 Å². The molecule has 0 aromatic heterocycles. The molecule has 0 atom stereocenters. The molecule has 106 valence electrons. The molecule has 0 unspecified atom stereocenters. The van der Waals surface area contributed by atoms with E-state index in [1.165, 1.54) is 5.56 Å². The second-order valence-electron chi connectivity index (χ2n) is 4.66. The fourth-order valence-electron chi connectivity index (χ4n) is 1.78. The Labute approximate surface area is 116 Å². The smallest absolute Gasteiger partial charge is 0.305 e. The number of carbonyl (C=O) groups excluding carboxylic acids is 1. The molecule has 0 aliphatic carbocycles. The van der Waals surface area contributed by atoms with Crippen molar-refractivity contribution < 1.29 is 9.53 Å². The average Bonchev–Trinajstić information content (AvgIpc) is 2.45. The zero-order valence-electron chi connectivity index (χ0n) is 11.9. The molecule has 0 fully saturated rings. The van der Waals surface area contributed by atoms with Gasteiger partial charge in [0.15, 0.2) is 0 Å². The van der Waals surface area contributed by atoms with Crippen molar-refractivity contribution >= 4 is 5.97 Å². The third-order valence-corrected chi connectivity index (χ3v) is 2.93. The van der Waals surface area contributed by atoms with E-state index >= 15 is 0 Å². The van der Waals surface area contributed by atoms with E-state index in [4.69, 9.17) is 4.74 Å². The monoisotopic (exact) mass is 263 g/mol. The molecule has 1 rings (SSSR count). The van der Waals surface area contributed by atoms with Crippen molar-refractivity contribution in [1.29, 1.82) is 0 Å². The van der Waals surface area contributed by atoms with Gasteiger partial charge in [-0.05, 0) is 37.9 Å². The topological polar surface area (TPSA) is 38.3 Å². The first-order valence-electron chi connectivity index (χ1n) is 7.23. The molecule has 19 heavy (non-hydrogen) atoms. The second-order valence-corrected chi connectivity index (χ2v) is 4.66. The van der Waals surface area contributed by atoms with Gasteiger partial charge in [-0.2, -0.15) is 0 Å². The van der Waals surface area contributed by atoms with E-state index in [0.29, 0.717) is 13.0 Å². The van der Waals surface area contributed by atoms with Gasteiger partial charge in [-0.3, -0.25) is 4.79 Å². The van der Waals surface area contributed by atoms with Crippen molar-refractivity contribution in [2.45, 2.75) is 39.0 Å². The predicted octanol–water partition coefficient (Wildman–Crippen LogP) is 2.94. The quantitative estimate of drug-likeness (QED) is 0.521. The largest absolute Gasteiger partial charge is 0.466 e. The molecule has 1 aromatic rings. The van der Waals surface area contributed by atoms with Gasteiger partial charge in [-0.1, -0.05) is 43.7 Å². The molecule has 0 saturated carbocycles. The fourth-order valence-corrected chi connectivity index (χ4v) is 1.78. The van der Waals surface area contributed by atoms with Crippen molar-refractivity contribution in [2.75, 3.05) is 19.7 Å². The number of benzene rings is 1. The van der Waals surface area contributed by atoms with E-state index < -0.39 is 0 Å². The van der Waals surface area contributed by atoms with Crippen molar-refractivity contribution in [3.63, 3.8) is 0 Å². The highest BCUT2D eigenvalue weighted by Gasteiger charge is 2.00. The molecule has 0 saturated heterocycles. The van der Waals surface area contributed by atoms with Gasteiger partial charge < -0.3 is 10.1 Å². The van der Waals surface area contributed by atoms with Crippen LogP contribution in [0.4, 0.5) is 0 Å². The van der Waals surface area contributed by atoms with Crippen molar-refractivity contribution in [1.82, 2.24) is 5.32 Å². The zero-order valence-corrected chi connectivity index (χ0v) is 11.9. The van der Waals surface area contributed by atoms with Crippen molar-refractivity contribution in [3.8, 4) is 0 Å². The first kappa shape index (κ1) is 15.7. The molecule has 0 bridgehead atoms. The molecule has 1 aromatic carbocycles. The summed E-state index contributed by atoms with van der Waals surface area (Å²) < 4.78 is 5.13. The minimum absolute atomic E-state index is 0.0638. The number of nitrogens with one attached hydrogen (secondary N) is 1. The molecule has 0 aliphatic heterocycles. The lowest BCUT2D eigenvalue weighted by Crippen LogP contribution is -2.20. The van der Waals surface area contributed by atoms with E-state index in [1.807, 2.05) is 6.07 Å². The average molecular weight is 263 g/mol. The molecular formula is C16H25NO2. The maximum absolute atomic E-state index is 11.2. The second kappa shape index (κ2) is 10.6. The lowest BCUT2D eigenvalue weighted by molar-refractivity contribution is -0.143. The van der Waals surface area contributed by atoms with E-state index in [2.05, 4.69) is 36.5 Å². The van der Waals surface area contributed by atoms with Gasteiger partial charge in [0.1, 0.15) is 0 Å². The van der Waals surface area contributed by atoms with Gasteiger partial charge >= 0.3 is 5.97 Å². The minimum atomic E-state index is -0.0638. The van der Waals surface area contributed by atoms with Gasteiger partial charge in [-0.15, -0.1) is 0 Å². The van der Waals surface area contributed by atoms with Crippen LogP contribution in [0.5, 0.6) is 0 Å². The molecule has 0 aliphatic rings. The first-order chi connectivity index (χ1) is 9.33. The van der Waals surface area contributed by atoms with Crippen LogP contribution in [0.3, 0.4) is 0 Å². The normalized spacial score (nSPS) is 10.4. The van der Waals surface area contributed by atoms with Gasteiger partial charge in [0, 0.05) is 6.42 Å². The van der Waals surface area contributed by atoms with Crippen LogP contribution >= 0.6 is 0 Å². The number of esters is 1. The lowest BCUT2D eigenvalue weighted by Gasteiger charge is -2.06. The molecule has 1 N–H and O–H groups in total. The Morgan fingerprint density at radius 3 is 2.68 bits per heavy atom. The number of rotatable bonds is 10. The van der Waals surface area contributed by atoms with Crippen molar-refractivity contribution in [2.24, 2.45) is 0 Å². The maximum atomic E-state index is 11.2. The number of carbonyl (C=O) groups is 1. The molecular weight excluding hydrogens is 238 g/mol.